The van der Waals surface area contributed by atoms with Crippen LogP contribution in [0.15, 0.2) is 53.0 Å². The maximum Gasteiger partial charge on any atom is 0.355 e. The lowest BCUT2D eigenvalue weighted by molar-refractivity contribution is -0.619. The highest BCUT2D eigenvalue weighted by Crippen LogP contribution is 2.21. The number of fused-ring (bicyclic) bond motifs is 1. The zero-order valence-corrected chi connectivity index (χ0v) is 21.7. The number of anilines is 1. The minimum Gasteiger partial charge on any atom is -0.744 e. The fourth-order valence-corrected chi connectivity index (χ4v) is 5.11. The van der Waals surface area contributed by atoms with Gasteiger partial charge in [-0.05, 0) is 51.0 Å². The molecule has 2 aromatic carbocycles. The molecule has 0 aliphatic rings. The van der Waals surface area contributed by atoms with Crippen molar-refractivity contribution in [1.82, 2.24) is 4.98 Å². The van der Waals surface area contributed by atoms with Gasteiger partial charge < -0.3 is 4.55 Å². The van der Waals surface area contributed by atoms with Crippen molar-refractivity contribution in [2.45, 2.75) is 32.6 Å². The zero-order valence-electron chi connectivity index (χ0n) is 17.5. The highest BCUT2D eigenvalue weighted by Gasteiger charge is 2.09. The normalized spacial score (nSPS) is 10.4. The van der Waals surface area contributed by atoms with E-state index in [1.54, 1.807) is 43.5 Å². The van der Waals surface area contributed by atoms with Crippen LogP contribution in [-0.2, 0) is 10.1 Å². The van der Waals surface area contributed by atoms with E-state index in [2.05, 4.69) is 11.1 Å². The van der Waals surface area contributed by atoms with Gasteiger partial charge in [0, 0.05) is 0 Å². The molecule has 0 amide bonds. The Balaban J connectivity index is 0.000000236. The Morgan fingerprint density at radius 3 is 2.06 bits per heavy atom. The Hall–Kier alpha value is -2.05. The van der Waals surface area contributed by atoms with Crippen LogP contribution in [0.1, 0.15) is 21.6 Å². The number of halogens is 1. The lowest BCUT2D eigenvalue weighted by atomic mass is 10.1. The number of hydrogen-bond donors (Lipinski definition) is 2. The minimum absolute atomic E-state index is 0. The van der Waals surface area contributed by atoms with Crippen molar-refractivity contribution in [2.75, 3.05) is 11.6 Å². The smallest absolute Gasteiger partial charge is 0.355 e. The van der Waals surface area contributed by atoms with Gasteiger partial charge in [0.1, 0.15) is 16.3 Å². The molecule has 0 saturated carbocycles. The van der Waals surface area contributed by atoms with Crippen LogP contribution in [0, 0.1) is 27.7 Å². The van der Waals surface area contributed by atoms with E-state index in [0.29, 0.717) is 16.3 Å². The Morgan fingerprint density at radius 2 is 1.65 bits per heavy atom. The van der Waals surface area contributed by atoms with Crippen molar-refractivity contribution >= 4 is 65.1 Å². The number of aromatic nitrogens is 2. The molecule has 2 heterocycles. The van der Waals surface area contributed by atoms with Crippen LogP contribution in [0.4, 0.5) is 5.13 Å². The molecular weight excluding hydrogens is 520 g/mol. The predicted molar refractivity (Wildman–Crippen MR) is 132 cm³/mol. The molecule has 11 heteroatoms. The van der Waals surface area contributed by atoms with Crippen molar-refractivity contribution in [3.05, 3.63) is 69.7 Å². The van der Waals surface area contributed by atoms with Crippen molar-refractivity contribution in [3.8, 4) is 0 Å². The van der Waals surface area contributed by atoms with Crippen LogP contribution in [0.25, 0.3) is 10.2 Å². The summed E-state index contributed by atoms with van der Waals surface area (Å²) in [5.41, 5.74) is 10.4. The summed E-state index contributed by atoms with van der Waals surface area (Å²) in [4.78, 5) is 5.18. The first-order chi connectivity index (χ1) is 14.0. The SMILES string of the molecule is Br.Cc1c[n+](N)c(N)s1.Cc1cc(C)c(S(=O)(=O)[O-])c(C)c1.c1ccc2scnc2c1. The zero-order chi connectivity index (χ0) is 22.5. The van der Waals surface area contributed by atoms with Gasteiger partial charge in [0.05, 0.1) is 25.5 Å². The topological polar surface area (TPSA) is 126 Å². The lowest BCUT2D eigenvalue weighted by Gasteiger charge is -2.14. The Morgan fingerprint density at radius 1 is 1.06 bits per heavy atom. The number of nitrogen functional groups attached to an aromatic ring is 2. The van der Waals surface area contributed by atoms with Gasteiger partial charge in [-0.1, -0.05) is 41.2 Å². The molecule has 4 aromatic rings. The molecule has 0 saturated heterocycles. The number of nitrogens with two attached hydrogens (primary N) is 2. The van der Waals surface area contributed by atoms with Gasteiger partial charge in [-0.15, -0.1) is 33.0 Å². The quantitative estimate of drug-likeness (QED) is 0.211. The van der Waals surface area contributed by atoms with E-state index in [1.807, 2.05) is 37.6 Å². The number of para-hydroxylation sites is 1. The maximum atomic E-state index is 10.8. The number of nitrogens with zero attached hydrogens (tertiary/aromatic N) is 2. The standard InChI is InChI=1S/C9H12O3S.C7H5NS.C4H7N3S.BrH/c1-6-4-7(2)9(8(3)5-6)13(10,11)12;1-2-4-7-6(3-1)8-5-9-7;1-3-2-7(6)4(5)8-3;/h4-5H,1-3H3,(H,10,11,12);1-5H;2,5H,6H2,1H3;1H. The monoisotopic (exact) mass is 544 g/mol. The van der Waals surface area contributed by atoms with Crippen molar-refractivity contribution in [1.29, 1.82) is 0 Å². The molecule has 168 valence electrons. The molecule has 0 bridgehead atoms. The second kappa shape index (κ2) is 11.5. The molecular formula is C20H25BrN4O3S3. The van der Waals surface area contributed by atoms with Crippen LogP contribution in [-0.4, -0.2) is 18.0 Å². The second-order valence-corrected chi connectivity index (χ2v) is 10.1. The summed E-state index contributed by atoms with van der Waals surface area (Å²) in [5.74, 6) is 5.34. The third-order valence-corrected chi connectivity index (χ3v) is 6.73. The molecule has 31 heavy (non-hydrogen) atoms. The maximum absolute atomic E-state index is 10.8. The number of hydrogen-bond acceptors (Lipinski definition) is 8. The summed E-state index contributed by atoms with van der Waals surface area (Å²) in [7, 11) is -4.33. The number of rotatable bonds is 1. The Bertz CT molecular complexity index is 1180. The first-order valence-electron chi connectivity index (χ1n) is 8.83. The molecule has 0 fully saturated rings. The summed E-state index contributed by atoms with van der Waals surface area (Å²) in [5, 5.41) is 0.641. The molecule has 0 unspecified atom stereocenters. The summed E-state index contributed by atoms with van der Waals surface area (Å²) in [6.07, 6.45) is 1.79. The van der Waals surface area contributed by atoms with Gasteiger partial charge in [-0.25, -0.2) is 13.4 Å². The van der Waals surface area contributed by atoms with E-state index in [4.69, 9.17) is 11.6 Å². The van der Waals surface area contributed by atoms with Gasteiger partial charge >= 0.3 is 5.13 Å². The molecule has 0 atom stereocenters. The summed E-state index contributed by atoms with van der Waals surface area (Å²) >= 11 is 3.16. The average Bonchev–Trinajstić information content (AvgIpc) is 3.19. The van der Waals surface area contributed by atoms with Gasteiger partial charge in [0.25, 0.3) is 0 Å². The van der Waals surface area contributed by atoms with Crippen LogP contribution in [0.2, 0.25) is 0 Å². The highest BCUT2D eigenvalue weighted by atomic mass is 79.9. The van der Waals surface area contributed by atoms with E-state index in [0.717, 1.165) is 16.0 Å². The van der Waals surface area contributed by atoms with Crippen molar-refractivity contribution in [3.63, 3.8) is 0 Å². The molecule has 4 rings (SSSR count). The number of benzene rings is 2. The first-order valence-corrected chi connectivity index (χ1v) is 11.9. The van der Waals surface area contributed by atoms with Crippen molar-refractivity contribution in [2.24, 2.45) is 0 Å². The number of aryl methyl sites for hydroxylation is 4. The molecule has 0 aliphatic carbocycles. The van der Waals surface area contributed by atoms with Gasteiger partial charge in [0.2, 0.25) is 0 Å². The van der Waals surface area contributed by atoms with Gasteiger partial charge in [-0.2, -0.15) is 0 Å². The van der Waals surface area contributed by atoms with Gasteiger partial charge in [-0.3, -0.25) is 11.6 Å². The molecule has 0 radical (unpaired) electrons. The fourth-order valence-electron chi connectivity index (χ4n) is 2.87. The molecule has 0 aliphatic heterocycles. The third-order valence-electron chi connectivity index (χ3n) is 3.93. The van der Waals surface area contributed by atoms with Crippen LogP contribution in [0.5, 0.6) is 0 Å². The molecule has 2 aromatic heterocycles. The van der Waals surface area contributed by atoms with E-state index >= 15 is 0 Å². The Labute approximate surface area is 200 Å². The van der Waals surface area contributed by atoms with Crippen LogP contribution in [0.3, 0.4) is 0 Å². The summed E-state index contributed by atoms with van der Waals surface area (Å²) < 4.78 is 35.2. The highest BCUT2D eigenvalue weighted by molar-refractivity contribution is 8.93. The molecule has 4 N–H and O–H groups in total. The van der Waals surface area contributed by atoms with Gasteiger partial charge in [0.15, 0.2) is 0 Å². The largest absolute Gasteiger partial charge is 0.744 e. The summed E-state index contributed by atoms with van der Waals surface area (Å²) in [6, 6.07) is 11.5. The predicted octanol–water partition coefficient (Wildman–Crippen LogP) is 4.03. The van der Waals surface area contributed by atoms with Crippen LogP contribution < -0.4 is 16.3 Å². The molecule has 0 spiro atoms. The van der Waals surface area contributed by atoms with Crippen LogP contribution >= 0.6 is 39.7 Å². The Kier molecular flexibility index (Phi) is 10.0. The van der Waals surface area contributed by atoms with Crippen molar-refractivity contribution < 1.29 is 17.6 Å². The lowest BCUT2D eigenvalue weighted by Crippen LogP contribution is -2.44. The number of thiazole rings is 2. The minimum atomic E-state index is -4.33. The van der Waals surface area contributed by atoms with E-state index in [1.165, 1.54) is 20.7 Å². The third kappa shape index (κ3) is 7.86. The second-order valence-electron chi connectivity index (χ2n) is 6.59. The van der Waals surface area contributed by atoms with E-state index < -0.39 is 10.1 Å². The fraction of sp³-hybridized carbons (Fsp3) is 0.200. The first kappa shape index (κ1) is 27.0. The molecule has 7 nitrogen and oxygen atoms in total. The van der Waals surface area contributed by atoms with E-state index in [-0.39, 0.29) is 21.9 Å². The average molecular weight is 546 g/mol. The summed E-state index contributed by atoms with van der Waals surface area (Å²) in [6.45, 7) is 7.08. The van der Waals surface area contributed by atoms with E-state index in [9.17, 15) is 13.0 Å².